The van der Waals surface area contributed by atoms with Crippen LogP contribution in [0.15, 0.2) is 36.4 Å². The third kappa shape index (κ3) is 5.31. The van der Waals surface area contributed by atoms with E-state index in [2.05, 4.69) is 5.32 Å². The van der Waals surface area contributed by atoms with Crippen LogP contribution < -0.4 is 14.4 Å². The van der Waals surface area contributed by atoms with Crippen LogP contribution in [0.25, 0.3) is 0 Å². The number of anilines is 2. The van der Waals surface area contributed by atoms with Crippen LogP contribution in [0.4, 0.5) is 11.4 Å². The molecule has 0 spiro atoms. The molecule has 152 valence electrons. The number of nitrogens with one attached hydrogen (secondary N) is 1. The number of aryl methyl sites for hydroxylation is 1. The lowest BCUT2D eigenvalue weighted by Gasteiger charge is -2.30. The van der Waals surface area contributed by atoms with Gasteiger partial charge in [0.25, 0.3) is 0 Å². The summed E-state index contributed by atoms with van der Waals surface area (Å²) in [7, 11) is -2.31. The van der Waals surface area contributed by atoms with Crippen molar-refractivity contribution < 1.29 is 17.9 Å². The summed E-state index contributed by atoms with van der Waals surface area (Å²) in [5, 5.41) is 3.31. The van der Waals surface area contributed by atoms with Crippen molar-refractivity contribution in [3.8, 4) is 5.75 Å². The second-order valence-electron chi connectivity index (χ2n) is 6.30. The SMILES string of the molecule is CC[C@@H](C(=O)Nc1cc(C)ccc1OC)N(c1cc(Cl)cc(Cl)c1)S(C)(=O)=O. The zero-order chi connectivity index (χ0) is 21.1. The third-order valence-corrected chi connectivity index (χ3v) is 5.66. The van der Waals surface area contributed by atoms with Gasteiger partial charge in [0.1, 0.15) is 11.8 Å². The Morgan fingerprint density at radius 3 is 2.29 bits per heavy atom. The first-order chi connectivity index (χ1) is 13.1. The number of benzene rings is 2. The van der Waals surface area contributed by atoms with Crippen LogP contribution in [0.1, 0.15) is 18.9 Å². The molecule has 0 fully saturated rings. The van der Waals surface area contributed by atoms with E-state index < -0.39 is 22.0 Å². The molecule has 28 heavy (non-hydrogen) atoms. The minimum Gasteiger partial charge on any atom is -0.495 e. The molecule has 0 aromatic heterocycles. The lowest BCUT2D eigenvalue weighted by Crippen LogP contribution is -2.47. The topological polar surface area (TPSA) is 75.7 Å². The molecule has 6 nitrogen and oxygen atoms in total. The summed E-state index contributed by atoms with van der Waals surface area (Å²) in [6, 6.07) is 8.74. The molecule has 1 amide bonds. The highest BCUT2D eigenvalue weighted by molar-refractivity contribution is 7.92. The van der Waals surface area contributed by atoms with Crippen molar-refractivity contribution in [1.82, 2.24) is 0 Å². The van der Waals surface area contributed by atoms with Crippen LogP contribution in [-0.2, 0) is 14.8 Å². The van der Waals surface area contributed by atoms with Crippen molar-refractivity contribution in [2.24, 2.45) is 0 Å². The largest absolute Gasteiger partial charge is 0.495 e. The van der Waals surface area contributed by atoms with E-state index in [1.807, 2.05) is 13.0 Å². The van der Waals surface area contributed by atoms with E-state index >= 15 is 0 Å². The van der Waals surface area contributed by atoms with E-state index in [0.717, 1.165) is 16.1 Å². The quantitative estimate of drug-likeness (QED) is 0.681. The minimum atomic E-state index is -3.80. The maximum Gasteiger partial charge on any atom is 0.248 e. The molecule has 2 aromatic carbocycles. The maximum absolute atomic E-state index is 13.0. The smallest absolute Gasteiger partial charge is 0.248 e. The van der Waals surface area contributed by atoms with Gasteiger partial charge in [-0.3, -0.25) is 9.10 Å². The second kappa shape index (κ2) is 9.03. The number of amides is 1. The summed E-state index contributed by atoms with van der Waals surface area (Å²) >= 11 is 12.1. The van der Waals surface area contributed by atoms with E-state index in [1.54, 1.807) is 19.1 Å². The Morgan fingerprint density at radius 2 is 1.79 bits per heavy atom. The zero-order valence-corrected chi connectivity index (χ0v) is 18.3. The van der Waals surface area contributed by atoms with Gasteiger partial charge in [0, 0.05) is 10.0 Å². The third-order valence-electron chi connectivity index (χ3n) is 4.04. The van der Waals surface area contributed by atoms with Gasteiger partial charge in [-0.05, 0) is 49.2 Å². The number of hydrogen-bond donors (Lipinski definition) is 1. The van der Waals surface area contributed by atoms with Gasteiger partial charge in [-0.1, -0.05) is 36.2 Å². The summed E-state index contributed by atoms with van der Waals surface area (Å²) in [5.41, 5.74) is 1.60. The molecule has 0 bridgehead atoms. The Labute approximate surface area is 175 Å². The molecule has 0 aliphatic heterocycles. The summed E-state index contributed by atoms with van der Waals surface area (Å²) in [6.45, 7) is 3.60. The van der Waals surface area contributed by atoms with E-state index in [9.17, 15) is 13.2 Å². The van der Waals surface area contributed by atoms with Gasteiger partial charge in [0.2, 0.25) is 15.9 Å². The Morgan fingerprint density at radius 1 is 1.18 bits per heavy atom. The zero-order valence-electron chi connectivity index (χ0n) is 16.0. The molecule has 2 aromatic rings. The molecule has 1 atom stereocenters. The second-order valence-corrected chi connectivity index (χ2v) is 9.04. The molecule has 0 aliphatic rings. The fourth-order valence-electron chi connectivity index (χ4n) is 2.86. The van der Waals surface area contributed by atoms with E-state index in [-0.39, 0.29) is 22.2 Å². The van der Waals surface area contributed by atoms with Crippen LogP contribution in [0.3, 0.4) is 0 Å². The van der Waals surface area contributed by atoms with Crippen LogP contribution in [0, 0.1) is 6.92 Å². The van der Waals surface area contributed by atoms with Gasteiger partial charge in [-0.25, -0.2) is 8.42 Å². The molecule has 9 heteroatoms. The monoisotopic (exact) mass is 444 g/mol. The number of sulfonamides is 1. The molecular weight excluding hydrogens is 423 g/mol. The molecular formula is C19H22Cl2N2O4S. The molecule has 0 saturated heterocycles. The molecule has 0 unspecified atom stereocenters. The Bertz CT molecular complexity index is 960. The highest BCUT2D eigenvalue weighted by atomic mass is 35.5. The molecule has 0 saturated carbocycles. The molecule has 2 rings (SSSR count). The highest BCUT2D eigenvalue weighted by Crippen LogP contribution is 2.31. The summed E-state index contributed by atoms with van der Waals surface area (Å²) in [4.78, 5) is 13.0. The highest BCUT2D eigenvalue weighted by Gasteiger charge is 2.32. The molecule has 0 radical (unpaired) electrons. The maximum atomic E-state index is 13.0. The first-order valence-corrected chi connectivity index (χ1v) is 11.1. The fraction of sp³-hybridized carbons (Fsp3) is 0.316. The van der Waals surface area contributed by atoms with Crippen molar-refractivity contribution in [2.75, 3.05) is 23.0 Å². The first kappa shape index (κ1) is 22.3. The van der Waals surface area contributed by atoms with Gasteiger partial charge in [0.15, 0.2) is 0 Å². The normalized spacial score (nSPS) is 12.4. The van der Waals surface area contributed by atoms with Crippen LogP contribution in [-0.4, -0.2) is 33.7 Å². The number of methoxy groups -OCH3 is 1. The fourth-order valence-corrected chi connectivity index (χ4v) is 4.57. The lowest BCUT2D eigenvalue weighted by atomic mass is 10.1. The Balaban J connectivity index is 2.47. The van der Waals surface area contributed by atoms with Crippen molar-refractivity contribution >= 4 is 50.5 Å². The van der Waals surface area contributed by atoms with E-state index in [0.29, 0.717) is 11.4 Å². The van der Waals surface area contributed by atoms with Gasteiger partial charge in [-0.15, -0.1) is 0 Å². The predicted molar refractivity (Wildman–Crippen MR) is 114 cm³/mol. The number of nitrogens with zero attached hydrogens (tertiary/aromatic N) is 1. The average Bonchev–Trinajstić information content (AvgIpc) is 2.57. The van der Waals surface area contributed by atoms with Crippen molar-refractivity contribution in [3.63, 3.8) is 0 Å². The Kier molecular flexibility index (Phi) is 7.20. The van der Waals surface area contributed by atoms with Gasteiger partial charge in [0.05, 0.1) is 24.7 Å². The number of ether oxygens (including phenoxy) is 1. The van der Waals surface area contributed by atoms with Gasteiger partial charge < -0.3 is 10.1 Å². The number of halogens is 2. The number of hydrogen-bond acceptors (Lipinski definition) is 4. The molecule has 0 aliphatic carbocycles. The lowest BCUT2D eigenvalue weighted by molar-refractivity contribution is -0.117. The number of carbonyl (C=O) groups excluding carboxylic acids is 1. The summed E-state index contributed by atoms with van der Waals surface area (Å²) in [5.74, 6) is -0.0153. The summed E-state index contributed by atoms with van der Waals surface area (Å²) in [6.07, 6.45) is 1.27. The van der Waals surface area contributed by atoms with Crippen LogP contribution in [0.5, 0.6) is 5.75 Å². The average molecular weight is 445 g/mol. The van der Waals surface area contributed by atoms with Gasteiger partial charge in [-0.2, -0.15) is 0 Å². The van der Waals surface area contributed by atoms with Crippen molar-refractivity contribution in [2.45, 2.75) is 26.3 Å². The predicted octanol–water partition coefficient (Wildman–Crippen LogP) is 4.49. The molecule has 1 N–H and O–H groups in total. The van der Waals surface area contributed by atoms with Crippen LogP contribution >= 0.6 is 23.2 Å². The van der Waals surface area contributed by atoms with E-state index in [1.165, 1.54) is 25.3 Å². The summed E-state index contributed by atoms with van der Waals surface area (Å²) < 4.78 is 31.4. The minimum absolute atomic E-state index is 0.221. The number of rotatable bonds is 7. The standard InChI is InChI=1S/C19H22Cl2N2O4S/c1-5-17(19(24)22-16-8-12(2)6-7-18(16)27-3)23(28(4,25)26)15-10-13(20)9-14(21)11-15/h6-11,17H,5H2,1-4H3,(H,22,24)/t17-/m0/s1. The first-order valence-electron chi connectivity index (χ1n) is 8.47. The van der Waals surface area contributed by atoms with Gasteiger partial charge >= 0.3 is 0 Å². The molecule has 0 heterocycles. The van der Waals surface area contributed by atoms with Crippen molar-refractivity contribution in [3.05, 3.63) is 52.0 Å². The van der Waals surface area contributed by atoms with E-state index in [4.69, 9.17) is 27.9 Å². The number of carbonyl (C=O) groups is 1. The van der Waals surface area contributed by atoms with Crippen LogP contribution in [0.2, 0.25) is 10.0 Å². The van der Waals surface area contributed by atoms with Crippen molar-refractivity contribution in [1.29, 1.82) is 0 Å². The Hall–Kier alpha value is -1.96.